The number of aliphatic carboxylic acids is 1. The second-order valence-electron chi connectivity index (χ2n) is 3.75. The summed E-state index contributed by atoms with van der Waals surface area (Å²) in [6.07, 6.45) is 0.383. The maximum absolute atomic E-state index is 13.5. The number of rotatable bonds is 5. The number of hydrogen-bond donors (Lipinski definition) is 2. The zero-order chi connectivity index (χ0) is 13.7. The van der Waals surface area contributed by atoms with Crippen LogP contribution in [-0.2, 0) is 4.79 Å². The molecule has 0 saturated heterocycles. The van der Waals surface area contributed by atoms with Crippen LogP contribution in [0, 0.1) is 11.7 Å². The molecule has 1 amide bonds. The van der Waals surface area contributed by atoms with Crippen LogP contribution in [0.3, 0.4) is 0 Å². The van der Waals surface area contributed by atoms with Crippen LogP contribution in [0.2, 0.25) is 5.02 Å². The molecule has 0 fully saturated rings. The van der Waals surface area contributed by atoms with E-state index in [9.17, 15) is 14.0 Å². The quantitative estimate of drug-likeness (QED) is 0.865. The molecule has 0 aliphatic rings. The number of carbonyl (C=O) groups excluding carboxylic acids is 1. The molecule has 6 heteroatoms. The molecular weight excluding hydrogens is 261 g/mol. The average molecular weight is 274 g/mol. The molecule has 0 heterocycles. The van der Waals surface area contributed by atoms with Gasteiger partial charge in [0.15, 0.2) is 5.82 Å². The molecule has 0 aliphatic carbocycles. The molecule has 0 spiro atoms. The van der Waals surface area contributed by atoms with Crippen LogP contribution in [0.15, 0.2) is 18.2 Å². The third kappa shape index (κ3) is 3.43. The molecule has 1 unspecified atom stereocenters. The second kappa shape index (κ2) is 6.35. The monoisotopic (exact) mass is 273 g/mol. The van der Waals surface area contributed by atoms with Gasteiger partial charge >= 0.3 is 5.97 Å². The summed E-state index contributed by atoms with van der Waals surface area (Å²) in [6.45, 7) is 1.65. The van der Waals surface area contributed by atoms with Crippen LogP contribution in [0.1, 0.15) is 23.7 Å². The van der Waals surface area contributed by atoms with Crippen molar-refractivity contribution >= 4 is 23.5 Å². The highest BCUT2D eigenvalue weighted by Gasteiger charge is 2.18. The van der Waals surface area contributed by atoms with E-state index < -0.39 is 23.6 Å². The Balaban J connectivity index is 2.71. The van der Waals surface area contributed by atoms with E-state index in [0.29, 0.717) is 6.42 Å². The second-order valence-corrected chi connectivity index (χ2v) is 4.16. The van der Waals surface area contributed by atoms with E-state index in [4.69, 9.17) is 16.7 Å². The molecule has 0 radical (unpaired) electrons. The molecule has 0 saturated carbocycles. The summed E-state index contributed by atoms with van der Waals surface area (Å²) in [4.78, 5) is 22.4. The van der Waals surface area contributed by atoms with Crippen molar-refractivity contribution in [1.29, 1.82) is 0 Å². The van der Waals surface area contributed by atoms with Crippen LogP contribution >= 0.6 is 11.6 Å². The van der Waals surface area contributed by atoms with Gasteiger partial charge in [-0.25, -0.2) is 4.39 Å². The molecule has 4 nitrogen and oxygen atoms in total. The van der Waals surface area contributed by atoms with E-state index in [1.54, 1.807) is 6.92 Å². The molecular formula is C12H13ClFNO3. The van der Waals surface area contributed by atoms with Gasteiger partial charge < -0.3 is 10.4 Å². The van der Waals surface area contributed by atoms with Gasteiger partial charge in [0.1, 0.15) is 0 Å². The molecule has 0 aromatic heterocycles. The van der Waals surface area contributed by atoms with Crippen LogP contribution in [-0.4, -0.2) is 23.5 Å². The van der Waals surface area contributed by atoms with Crippen molar-refractivity contribution in [2.75, 3.05) is 6.54 Å². The number of nitrogens with one attached hydrogen (secondary N) is 1. The average Bonchev–Trinajstić information content (AvgIpc) is 2.32. The SMILES string of the molecule is CCC(CNC(=O)c1cccc(Cl)c1F)C(=O)O. The standard InChI is InChI=1S/C12H13ClFNO3/c1-2-7(12(17)18)6-15-11(16)8-4-3-5-9(13)10(8)14/h3-5,7H,2,6H2,1H3,(H,15,16)(H,17,18). The molecule has 1 rings (SSSR count). The zero-order valence-electron chi connectivity index (χ0n) is 9.74. The molecule has 1 aromatic rings. The van der Waals surface area contributed by atoms with Gasteiger partial charge in [0.05, 0.1) is 16.5 Å². The number of amides is 1. The first-order valence-electron chi connectivity index (χ1n) is 5.42. The van der Waals surface area contributed by atoms with Gasteiger partial charge in [0.25, 0.3) is 5.91 Å². The predicted molar refractivity (Wildman–Crippen MR) is 65.2 cm³/mol. The molecule has 18 heavy (non-hydrogen) atoms. The van der Waals surface area contributed by atoms with Crippen molar-refractivity contribution in [3.8, 4) is 0 Å². The van der Waals surface area contributed by atoms with E-state index in [2.05, 4.69) is 5.32 Å². The summed E-state index contributed by atoms with van der Waals surface area (Å²) in [7, 11) is 0. The highest BCUT2D eigenvalue weighted by molar-refractivity contribution is 6.31. The highest BCUT2D eigenvalue weighted by atomic mass is 35.5. The van der Waals surface area contributed by atoms with Crippen molar-refractivity contribution in [3.63, 3.8) is 0 Å². The summed E-state index contributed by atoms with van der Waals surface area (Å²) in [5.41, 5.74) is -0.192. The van der Waals surface area contributed by atoms with Crippen LogP contribution in [0.25, 0.3) is 0 Å². The maximum atomic E-state index is 13.5. The van der Waals surface area contributed by atoms with Gasteiger partial charge in [-0.1, -0.05) is 24.6 Å². The van der Waals surface area contributed by atoms with E-state index in [1.807, 2.05) is 0 Å². The molecule has 0 aliphatic heterocycles. The first-order chi connectivity index (χ1) is 8.47. The smallest absolute Gasteiger partial charge is 0.308 e. The molecule has 98 valence electrons. The van der Waals surface area contributed by atoms with Crippen molar-refractivity contribution in [1.82, 2.24) is 5.32 Å². The van der Waals surface area contributed by atoms with E-state index in [1.165, 1.54) is 18.2 Å². The van der Waals surface area contributed by atoms with Crippen LogP contribution in [0.4, 0.5) is 4.39 Å². The Morgan fingerprint density at radius 2 is 2.17 bits per heavy atom. The Morgan fingerprint density at radius 1 is 1.50 bits per heavy atom. The van der Waals surface area contributed by atoms with Crippen molar-refractivity contribution in [3.05, 3.63) is 34.6 Å². The Hall–Kier alpha value is -1.62. The predicted octanol–water partition coefficient (Wildman–Crippen LogP) is 2.32. The van der Waals surface area contributed by atoms with Gasteiger partial charge in [0.2, 0.25) is 0 Å². The number of hydrogen-bond acceptors (Lipinski definition) is 2. The van der Waals surface area contributed by atoms with Crippen molar-refractivity contribution in [2.45, 2.75) is 13.3 Å². The van der Waals surface area contributed by atoms with Gasteiger partial charge in [-0.15, -0.1) is 0 Å². The fourth-order valence-electron chi connectivity index (χ4n) is 1.40. The largest absolute Gasteiger partial charge is 0.481 e. The summed E-state index contributed by atoms with van der Waals surface area (Å²) >= 11 is 5.55. The lowest BCUT2D eigenvalue weighted by atomic mass is 10.1. The molecule has 0 bridgehead atoms. The van der Waals surface area contributed by atoms with E-state index in [-0.39, 0.29) is 17.1 Å². The first-order valence-corrected chi connectivity index (χ1v) is 5.80. The van der Waals surface area contributed by atoms with Crippen molar-refractivity contribution in [2.24, 2.45) is 5.92 Å². The first kappa shape index (κ1) is 14.4. The molecule has 1 atom stereocenters. The van der Waals surface area contributed by atoms with E-state index in [0.717, 1.165) is 0 Å². The number of carbonyl (C=O) groups is 2. The van der Waals surface area contributed by atoms with Crippen molar-refractivity contribution < 1.29 is 19.1 Å². The van der Waals surface area contributed by atoms with Gasteiger partial charge in [-0.2, -0.15) is 0 Å². The normalized spacial score (nSPS) is 11.9. The summed E-state index contributed by atoms with van der Waals surface area (Å²) in [5.74, 6) is -3.16. The number of halogens is 2. The number of benzene rings is 1. The lowest BCUT2D eigenvalue weighted by Gasteiger charge is -2.11. The van der Waals surface area contributed by atoms with E-state index >= 15 is 0 Å². The Labute approximate surface area is 109 Å². The third-order valence-corrected chi connectivity index (χ3v) is 2.84. The summed E-state index contributed by atoms with van der Waals surface area (Å²) in [6, 6.07) is 4.08. The molecule has 2 N–H and O–H groups in total. The summed E-state index contributed by atoms with van der Waals surface area (Å²) in [5, 5.41) is 11.0. The topological polar surface area (TPSA) is 66.4 Å². The fourth-order valence-corrected chi connectivity index (χ4v) is 1.57. The summed E-state index contributed by atoms with van der Waals surface area (Å²) < 4.78 is 13.5. The minimum atomic E-state index is -0.996. The van der Waals surface area contributed by atoms with Crippen LogP contribution in [0.5, 0.6) is 0 Å². The lowest BCUT2D eigenvalue weighted by molar-refractivity contribution is -0.141. The third-order valence-electron chi connectivity index (χ3n) is 2.55. The number of carboxylic acids is 1. The Kier molecular flexibility index (Phi) is 5.09. The highest BCUT2D eigenvalue weighted by Crippen LogP contribution is 2.17. The number of carboxylic acid groups (broad SMARTS) is 1. The minimum Gasteiger partial charge on any atom is -0.481 e. The fraction of sp³-hybridized carbons (Fsp3) is 0.333. The van der Waals surface area contributed by atoms with Crippen LogP contribution < -0.4 is 5.32 Å². The Bertz CT molecular complexity index is 465. The van der Waals surface area contributed by atoms with Gasteiger partial charge in [-0.3, -0.25) is 9.59 Å². The molecule has 1 aromatic carbocycles. The maximum Gasteiger partial charge on any atom is 0.308 e. The minimum absolute atomic E-state index is 0.0450. The van der Waals surface area contributed by atoms with Gasteiger partial charge in [0, 0.05) is 6.54 Å². The zero-order valence-corrected chi connectivity index (χ0v) is 10.5. The van der Waals surface area contributed by atoms with Gasteiger partial charge in [-0.05, 0) is 18.6 Å². The lowest BCUT2D eigenvalue weighted by Crippen LogP contribution is -2.33. The Morgan fingerprint density at radius 3 is 2.72 bits per heavy atom.